The number of carbonyl (C=O) groups excluding carboxylic acids is 1. The molecule has 1 aliphatic rings. The van der Waals surface area contributed by atoms with Crippen molar-refractivity contribution in [2.24, 2.45) is 0 Å². The largest absolute Gasteiger partial charge is 0.478 e. The molecule has 0 aliphatic carbocycles. The van der Waals surface area contributed by atoms with E-state index in [1.807, 2.05) is 24.3 Å². The van der Waals surface area contributed by atoms with Gasteiger partial charge in [-0.2, -0.15) is 5.10 Å². The summed E-state index contributed by atoms with van der Waals surface area (Å²) < 4.78 is 1.40. The molecule has 0 bridgehead atoms. The molecule has 0 saturated carbocycles. The van der Waals surface area contributed by atoms with Crippen molar-refractivity contribution in [1.29, 1.82) is 0 Å². The van der Waals surface area contributed by atoms with Crippen molar-refractivity contribution in [3.8, 4) is 0 Å². The summed E-state index contributed by atoms with van der Waals surface area (Å²) in [7, 11) is 0. The number of fused-ring (bicyclic) bond motifs is 1. The minimum atomic E-state index is -1.05. The zero-order chi connectivity index (χ0) is 15.0. The number of carboxylic acids is 1. The van der Waals surface area contributed by atoms with Crippen LogP contribution in [0.2, 0.25) is 0 Å². The molecule has 0 saturated heterocycles. The Bertz CT molecular complexity index is 708. The highest BCUT2D eigenvalue weighted by atomic mass is 16.4. The van der Waals surface area contributed by atoms with Crippen LogP contribution in [0.5, 0.6) is 0 Å². The predicted octanol–water partition coefficient (Wildman–Crippen LogP) is 1.73. The highest BCUT2D eigenvalue weighted by Gasteiger charge is 2.29. The number of aromatic carboxylic acids is 1. The van der Waals surface area contributed by atoms with Crippen molar-refractivity contribution in [3.05, 3.63) is 47.8 Å². The van der Waals surface area contributed by atoms with E-state index in [9.17, 15) is 9.59 Å². The summed E-state index contributed by atoms with van der Waals surface area (Å²) in [6, 6.07) is 7.28. The van der Waals surface area contributed by atoms with Crippen LogP contribution < -0.4 is 4.90 Å². The van der Waals surface area contributed by atoms with Crippen molar-refractivity contribution >= 4 is 17.6 Å². The molecule has 0 spiro atoms. The van der Waals surface area contributed by atoms with Crippen molar-refractivity contribution in [3.63, 3.8) is 0 Å². The Hall–Kier alpha value is -2.63. The Morgan fingerprint density at radius 3 is 2.81 bits per heavy atom. The highest BCUT2D eigenvalue weighted by Crippen LogP contribution is 2.29. The number of benzene rings is 1. The maximum absolute atomic E-state index is 12.6. The molecule has 2 heterocycles. The Kier molecular flexibility index (Phi) is 3.21. The second-order valence-electron chi connectivity index (χ2n) is 5.06. The molecule has 0 radical (unpaired) electrons. The van der Waals surface area contributed by atoms with Crippen LogP contribution in [0.15, 0.2) is 36.7 Å². The van der Waals surface area contributed by atoms with Crippen LogP contribution in [-0.4, -0.2) is 33.3 Å². The molecule has 6 heteroatoms. The lowest BCUT2D eigenvalue weighted by molar-refractivity contribution is -0.121. The molecule has 1 amide bonds. The second kappa shape index (κ2) is 5.05. The molecular formula is C15H15N3O3. The fraction of sp³-hybridized carbons (Fsp3) is 0.267. The first-order valence-corrected chi connectivity index (χ1v) is 6.74. The number of carbonyl (C=O) groups is 2. The minimum absolute atomic E-state index is 0.0801. The molecule has 1 atom stereocenters. The number of nitrogens with zero attached hydrogens (tertiary/aromatic N) is 3. The van der Waals surface area contributed by atoms with E-state index in [1.54, 1.807) is 11.8 Å². The number of carboxylic acid groups (broad SMARTS) is 1. The maximum atomic E-state index is 12.6. The van der Waals surface area contributed by atoms with E-state index in [-0.39, 0.29) is 11.5 Å². The zero-order valence-electron chi connectivity index (χ0n) is 11.6. The summed E-state index contributed by atoms with van der Waals surface area (Å²) >= 11 is 0. The van der Waals surface area contributed by atoms with Gasteiger partial charge in [-0.3, -0.25) is 9.48 Å². The van der Waals surface area contributed by atoms with Gasteiger partial charge in [0.05, 0.1) is 11.8 Å². The van der Waals surface area contributed by atoms with E-state index in [2.05, 4.69) is 5.10 Å². The third-order valence-corrected chi connectivity index (χ3v) is 3.76. The van der Waals surface area contributed by atoms with E-state index in [0.29, 0.717) is 6.54 Å². The predicted molar refractivity (Wildman–Crippen MR) is 76.4 cm³/mol. The van der Waals surface area contributed by atoms with Gasteiger partial charge >= 0.3 is 5.97 Å². The minimum Gasteiger partial charge on any atom is -0.478 e. The van der Waals surface area contributed by atoms with Crippen LogP contribution in [0.1, 0.15) is 28.9 Å². The van der Waals surface area contributed by atoms with Crippen LogP contribution in [0.25, 0.3) is 0 Å². The Morgan fingerprint density at radius 1 is 1.33 bits per heavy atom. The number of para-hydroxylation sites is 1. The molecular weight excluding hydrogens is 270 g/mol. The molecule has 1 aromatic heterocycles. The smallest absolute Gasteiger partial charge is 0.338 e. The molecule has 0 fully saturated rings. The summed E-state index contributed by atoms with van der Waals surface area (Å²) in [4.78, 5) is 25.2. The van der Waals surface area contributed by atoms with Gasteiger partial charge in [-0.05, 0) is 25.0 Å². The molecule has 108 valence electrons. The summed E-state index contributed by atoms with van der Waals surface area (Å²) in [5.74, 6) is -1.13. The molecule has 21 heavy (non-hydrogen) atoms. The van der Waals surface area contributed by atoms with Crippen molar-refractivity contribution < 1.29 is 14.7 Å². The quantitative estimate of drug-likeness (QED) is 0.932. The fourth-order valence-corrected chi connectivity index (χ4v) is 2.57. The Balaban J connectivity index is 1.83. The summed E-state index contributed by atoms with van der Waals surface area (Å²) in [6.07, 6.45) is 3.48. The van der Waals surface area contributed by atoms with Gasteiger partial charge < -0.3 is 10.0 Å². The Morgan fingerprint density at radius 2 is 2.10 bits per heavy atom. The number of hydrogen-bond donors (Lipinski definition) is 1. The average molecular weight is 285 g/mol. The Labute approximate surface area is 121 Å². The normalized spacial score (nSPS) is 14.8. The lowest BCUT2D eigenvalue weighted by Gasteiger charge is -2.21. The van der Waals surface area contributed by atoms with Gasteiger partial charge in [-0.15, -0.1) is 0 Å². The molecule has 1 aliphatic heterocycles. The first kappa shape index (κ1) is 13.4. The summed E-state index contributed by atoms with van der Waals surface area (Å²) in [5.41, 5.74) is 2.17. The van der Waals surface area contributed by atoms with E-state index in [4.69, 9.17) is 5.11 Å². The van der Waals surface area contributed by atoms with Crippen LogP contribution >= 0.6 is 0 Å². The SMILES string of the molecule is CC(C(=O)N1CCc2ccccc21)n1cc(C(=O)O)cn1. The highest BCUT2D eigenvalue weighted by molar-refractivity contribution is 5.97. The molecule has 2 aromatic rings. The van der Waals surface area contributed by atoms with Crippen LogP contribution in [0.4, 0.5) is 5.69 Å². The molecule has 1 N–H and O–H groups in total. The summed E-state index contributed by atoms with van der Waals surface area (Å²) in [6.45, 7) is 2.37. The van der Waals surface area contributed by atoms with E-state index in [1.165, 1.54) is 17.1 Å². The molecule has 1 aromatic carbocycles. The number of anilines is 1. The lowest BCUT2D eigenvalue weighted by Crippen LogP contribution is -2.35. The van der Waals surface area contributed by atoms with E-state index < -0.39 is 12.0 Å². The number of aromatic nitrogens is 2. The number of rotatable bonds is 3. The van der Waals surface area contributed by atoms with Gasteiger partial charge in [0, 0.05) is 18.4 Å². The van der Waals surface area contributed by atoms with Gasteiger partial charge in [-0.25, -0.2) is 4.79 Å². The number of amides is 1. The van der Waals surface area contributed by atoms with Crippen molar-refractivity contribution in [2.45, 2.75) is 19.4 Å². The first-order chi connectivity index (χ1) is 10.1. The van der Waals surface area contributed by atoms with Gasteiger partial charge in [0.2, 0.25) is 0 Å². The number of hydrogen-bond acceptors (Lipinski definition) is 3. The molecule has 3 rings (SSSR count). The zero-order valence-corrected chi connectivity index (χ0v) is 11.6. The van der Waals surface area contributed by atoms with E-state index >= 15 is 0 Å². The monoisotopic (exact) mass is 285 g/mol. The van der Waals surface area contributed by atoms with Crippen molar-refractivity contribution in [2.75, 3.05) is 11.4 Å². The molecule has 1 unspecified atom stereocenters. The van der Waals surface area contributed by atoms with Gasteiger partial charge in [0.25, 0.3) is 5.91 Å². The summed E-state index contributed by atoms with van der Waals surface area (Å²) in [5, 5.41) is 12.9. The fourth-order valence-electron chi connectivity index (χ4n) is 2.57. The third kappa shape index (κ3) is 2.29. The second-order valence-corrected chi connectivity index (χ2v) is 5.06. The average Bonchev–Trinajstić information content (AvgIpc) is 3.12. The van der Waals surface area contributed by atoms with Gasteiger partial charge in [-0.1, -0.05) is 18.2 Å². The topological polar surface area (TPSA) is 75.4 Å². The third-order valence-electron chi connectivity index (χ3n) is 3.76. The van der Waals surface area contributed by atoms with Crippen LogP contribution in [-0.2, 0) is 11.2 Å². The standard InChI is InChI=1S/C15H15N3O3/c1-10(18-9-12(8-16-18)15(20)21)14(19)17-7-6-11-4-2-3-5-13(11)17/h2-5,8-10H,6-7H2,1H3,(H,20,21). The molecule has 6 nitrogen and oxygen atoms in total. The van der Waals surface area contributed by atoms with Gasteiger partial charge in [0.15, 0.2) is 0 Å². The maximum Gasteiger partial charge on any atom is 0.338 e. The van der Waals surface area contributed by atoms with Crippen LogP contribution in [0.3, 0.4) is 0 Å². The van der Waals surface area contributed by atoms with Gasteiger partial charge in [0.1, 0.15) is 6.04 Å². The lowest BCUT2D eigenvalue weighted by atomic mass is 10.2. The van der Waals surface area contributed by atoms with Crippen LogP contribution in [0, 0.1) is 0 Å². The van der Waals surface area contributed by atoms with Crippen molar-refractivity contribution in [1.82, 2.24) is 9.78 Å². The van der Waals surface area contributed by atoms with E-state index in [0.717, 1.165) is 17.7 Å². The first-order valence-electron chi connectivity index (χ1n) is 6.74.